The van der Waals surface area contributed by atoms with E-state index in [1.807, 2.05) is 6.92 Å². The molecule has 120 valence electrons. The number of carbonyl (C=O) groups is 3. The van der Waals surface area contributed by atoms with Crippen molar-refractivity contribution >= 4 is 17.8 Å². The van der Waals surface area contributed by atoms with Gasteiger partial charge in [0, 0.05) is 5.92 Å². The molecule has 0 aromatic rings. The zero-order valence-electron chi connectivity index (χ0n) is 12.6. The van der Waals surface area contributed by atoms with Crippen LogP contribution in [-0.4, -0.2) is 40.0 Å². The predicted molar refractivity (Wildman–Crippen MR) is 76.9 cm³/mol. The van der Waals surface area contributed by atoms with Gasteiger partial charge in [-0.25, -0.2) is 0 Å². The molecule has 21 heavy (non-hydrogen) atoms. The molecule has 1 rings (SSSR count). The maximum Gasteiger partial charge on any atom is 0.305 e. The molecule has 7 nitrogen and oxygen atoms in total. The molecule has 0 aromatic carbocycles. The maximum atomic E-state index is 12.6. The number of nitrogens with two attached hydrogens (primary N) is 2. The molecule has 1 fully saturated rings. The van der Waals surface area contributed by atoms with E-state index in [2.05, 4.69) is 0 Å². The monoisotopic (exact) mass is 299 g/mol. The molecule has 0 spiro atoms. The first kappa shape index (κ1) is 17.6. The second-order valence-corrected chi connectivity index (χ2v) is 5.86. The Bertz CT molecular complexity index is 411. The van der Waals surface area contributed by atoms with Crippen LogP contribution in [0.3, 0.4) is 0 Å². The molecule has 0 saturated heterocycles. The molecule has 0 aliphatic heterocycles. The van der Waals surface area contributed by atoms with Crippen LogP contribution in [0.25, 0.3) is 0 Å². The van der Waals surface area contributed by atoms with Crippen LogP contribution in [0.15, 0.2) is 0 Å². The molecule has 0 heterocycles. The van der Waals surface area contributed by atoms with Crippen molar-refractivity contribution in [3.05, 3.63) is 0 Å². The third-order valence-corrected chi connectivity index (χ3v) is 4.02. The third kappa shape index (κ3) is 4.50. The Kier molecular flexibility index (Phi) is 6.29. The Morgan fingerprint density at radius 2 is 1.81 bits per heavy atom. The lowest BCUT2D eigenvalue weighted by Crippen LogP contribution is -2.56. The SMILES string of the molecule is CC1CCCCC1C(=O)N(C(=O)[C@@H](N)CC(=O)O)[C@H](C)N. The second kappa shape index (κ2) is 7.51. The first-order chi connectivity index (χ1) is 9.75. The molecule has 0 aromatic heterocycles. The number of aliphatic carboxylic acids is 1. The number of imide groups is 1. The highest BCUT2D eigenvalue weighted by Gasteiger charge is 2.37. The van der Waals surface area contributed by atoms with E-state index in [-0.39, 0.29) is 17.7 Å². The lowest BCUT2D eigenvalue weighted by molar-refractivity contribution is -0.154. The first-order valence-electron chi connectivity index (χ1n) is 7.35. The molecule has 1 aliphatic carbocycles. The van der Waals surface area contributed by atoms with Gasteiger partial charge in [-0.1, -0.05) is 19.8 Å². The fourth-order valence-electron chi connectivity index (χ4n) is 2.83. The van der Waals surface area contributed by atoms with E-state index in [4.69, 9.17) is 16.6 Å². The highest BCUT2D eigenvalue weighted by molar-refractivity contribution is 6.00. The summed E-state index contributed by atoms with van der Waals surface area (Å²) < 4.78 is 0. The quantitative estimate of drug-likeness (QED) is 0.626. The number of nitrogens with zero attached hydrogens (tertiary/aromatic N) is 1. The van der Waals surface area contributed by atoms with E-state index in [0.29, 0.717) is 0 Å². The van der Waals surface area contributed by atoms with Crippen LogP contribution in [0.5, 0.6) is 0 Å². The average molecular weight is 299 g/mol. The van der Waals surface area contributed by atoms with Gasteiger partial charge in [0.1, 0.15) is 0 Å². The summed E-state index contributed by atoms with van der Waals surface area (Å²) in [7, 11) is 0. The minimum Gasteiger partial charge on any atom is -0.481 e. The predicted octanol–water partition coefficient (Wildman–Crippen LogP) is 0.275. The topological polar surface area (TPSA) is 127 Å². The maximum absolute atomic E-state index is 12.6. The van der Waals surface area contributed by atoms with Gasteiger partial charge in [-0.15, -0.1) is 0 Å². The van der Waals surface area contributed by atoms with Crippen molar-refractivity contribution in [1.29, 1.82) is 0 Å². The Hall–Kier alpha value is -1.47. The largest absolute Gasteiger partial charge is 0.481 e. The molecule has 4 atom stereocenters. The molecule has 7 heteroatoms. The van der Waals surface area contributed by atoms with Gasteiger partial charge >= 0.3 is 5.97 Å². The zero-order valence-corrected chi connectivity index (χ0v) is 12.6. The van der Waals surface area contributed by atoms with E-state index in [1.54, 1.807) is 0 Å². The van der Waals surface area contributed by atoms with Crippen LogP contribution in [0, 0.1) is 11.8 Å². The van der Waals surface area contributed by atoms with E-state index in [9.17, 15) is 14.4 Å². The summed E-state index contributed by atoms with van der Waals surface area (Å²) in [6, 6.07) is -1.25. The highest BCUT2D eigenvalue weighted by atomic mass is 16.4. The van der Waals surface area contributed by atoms with Crippen molar-refractivity contribution in [2.75, 3.05) is 0 Å². The van der Waals surface area contributed by atoms with Crippen molar-refractivity contribution in [1.82, 2.24) is 4.90 Å². The minimum atomic E-state index is -1.25. The van der Waals surface area contributed by atoms with Crippen molar-refractivity contribution in [2.24, 2.45) is 23.3 Å². The second-order valence-electron chi connectivity index (χ2n) is 5.86. The summed E-state index contributed by atoms with van der Waals surface area (Å²) >= 11 is 0. The van der Waals surface area contributed by atoms with Crippen LogP contribution in [0.1, 0.15) is 46.0 Å². The number of amides is 2. The number of carbonyl (C=O) groups excluding carboxylic acids is 2. The Labute approximate surface area is 124 Å². The van der Waals surface area contributed by atoms with Gasteiger partial charge in [0.25, 0.3) is 0 Å². The highest BCUT2D eigenvalue weighted by Crippen LogP contribution is 2.31. The van der Waals surface area contributed by atoms with Crippen molar-refractivity contribution in [3.63, 3.8) is 0 Å². The first-order valence-corrected chi connectivity index (χ1v) is 7.35. The van der Waals surface area contributed by atoms with Crippen LogP contribution in [-0.2, 0) is 14.4 Å². The van der Waals surface area contributed by atoms with Crippen LogP contribution in [0.2, 0.25) is 0 Å². The van der Waals surface area contributed by atoms with Gasteiger partial charge in [0.05, 0.1) is 18.6 Å². The van der Waals surface area contributed by atoms with E-state index < -0.39 is 30.5 Å². The molecule has 2 amide bonds. The third-order valence-electron chi connectivity index (χ3n) is 4.02. The van der Waals surface area contributed by atoms with Crippen LogP contribution >= 0.6 is 0 Å². The van der Waals surface area contributed by atoms with Crippen molar-refractivity contribution in [3.8, 4) is 0 Å². The van der Waals surface area contributed by atoms with Gasteiger partial charge in [0.2, 0.25) is 11.8 Å². The summed E-state index contributed by atoms with van der Waals surface area (Å²) in [4.78, 5) is 36.5. The molecular formula is C14H25N3O4. The van der Waals surface area contributed by atoms with Crippen LogP contribution in [0.4, 0.5) is 0 Å². The Morgan fingerprint density at radius 1 is 1.24 bits per heavy atom. The summed E-state index contributed by atoms with van der Waals surface area (Å²) in [5.74, 6) is -2.28. The van der Waals surface area contributed by atoms with Crippen molar-refractivity contribution in [2.45, 2.75) is 58.2 Å². The lowest BCUT2D eigenvalue weighted by atomic mass is 9.79. The molecule has 2 unspecified atom stereocenters. The standard InChI is InChI=1S/C14H25N3O4/c1-8-5-3-4-6-10(8)13(20)17(9(2)15)14(21)11(16)7-12(18)19/h8-11H,3-7,15-16H2,1-2H3,(H,18,19)/t8?,9-,10?,11+/m1/s1. The van der Waals surface area contributed by atoms with E-state index >= 15 is 0 Å². The molecule has 1 aliphatic rings. The minimum absolute atomic E-state index is 0.191. The number of carboxylic acid groups (broad SMARTS) is 1. The summed E-state index contributed by atoms with van der Waals surface area (Å²) in [5.41, 5.74) is 11.3. The molecule has 5 N–H and O–H groups in total. The van der Waals surface area contributed by atoms with Crippen LogP contribution < -0.4 is 11.5 Å². The molecular weight excluding hydrogens is 274 g/mol. The summed E-state index contributed by atoms with van der Waals surface area (Å²) in [6.45, 7) is 3.51. The van der Waals surface area contributed by atoms with Gasteiger partial charge in [-0.2, -0.15) is 0 Å². The summed E-state index contributed by atoms with van der Waals surface area (Å²) in [5, 5.41) is 8.72. The van der Waals surface area contributed by atoms with Crippen molar-refractivity contribution < 1.29 is 19.5 Å². The fraction of sp³-hybridized carbons (Fsp3) is 0.786. The smallest absolute Gasteiger partial charge is 0.305 e. The zero-order chi connectivity index (χ0) is 16.2. The summed E-state index contributed by atoms with van der Waals surface area (Å²) in [6.07, 6.45) is 2.36. The Morgan fingerprint density at radius 3 is 2.29 bits per heavy atom. The number of hydrogen-bond acceptors (Lipinski definition) is 5. The molecule has 0 bridgehead atoms. The van der Waals surface area contributed by atoms with Gasteiger partial charge in [-0.05, 0) is 25.7 Å². The van der Waals surface area contributed by atoms with Gasteiger partial charge in [0.15, 0.2) is 0 Å². The average Bonchev–Trinajstić information content (AvgIpc) is 2.37. The molecule has 1 saturated carbocycles. The van der Waals surface area contributed by atoms with Gasteiger partial charge in [-0.3, -0.25) is 19.3 Å². The van der Waals surface area contributed by atoms with E-state index in [1.165, 1.54) is 6.92 Å². The number of carboxylic acids is 1. The fourth-order valence-corrected chi connectivity index (χ4v) is 2.83. The van der Waals surface area contributed by atoms with E-state index in [0.717, 1.165) is 30.6 Å². The lowest BCUT2D eigenvalue weighted by Gasteiger charge is -2.34. The van der Waals surface area contributed by atoms with Gasteiger partial charge < -0.3 is 16.6 Å². The Balaban J connectivity index is 2.87. The molecule has 0 radical (unpaired) electrons. The number of rotatable bonds is 5. The normalized spacial score (nSPS) is 25.0. The number of hydrogen-bond donors (Lipinski definition) is 3.